The quantitative estimate of drug-likeness (QED) is 0.909. The van der Waals surface area contributed by atoms with Crippen molar-refractivity contribution < 1.29 is 13.5 Å². The molecule has 1 saturated carbocycles. The topological polar surface area (TPSA) is 78.2 Å². The molecule has 1 N–H and O–H groups in total. The maximum atomic E-state index is 11.7. The van der Waals surface area contributed by atoms with Crippen LogP contribution < -0.4 is 0 Å². The van der Waals surface area contributed by atoms with Crippen molar-refractivity contribution in [1.82, 2.24) is 0 Å². The Kier molecular flexibility index (Phi) is 3.14. The smallest absolute Gasteiger partial charge is 0.152 e. The first-order chi connectivity index (χ1) is 8.36. The highest BCUT2D eigenvalue weighted by Gasteiger charge is 2.70. The minimum atomic E-state index is -3.40. The molecule has 0 aliphatic heterocycles. The Labute approximate surface area is 111 Å². The van der Waals surface area contributed by atoms with E-state index in [0.717, 1.165) is 6.26 Å². The van der Waals surface area contributed by atoms with Crippen LogP contribution in [0.5, 0.6) is 0 Å². The standard InChI is InChI=1S/C12H12ClNO3S/c1-18(16,17)11-10(12(11,6-14)7-15)8-3-2-4-9(13)5-8/h2-5,10-11,15H,7H2,1H3/t10-,11-,12+/m1/s1. The predicted molar refractivity (Wildman–Crippen MR) is 68.0 cm³/mol. The number of benzene rings is 1. The summed E-state index contributed by atoms with van der Waals surface area (Å²) in [7, 11) is -3.40. The van der Waals surface area contributed by atoms with Crippen molar-refractivity contribution in [2.75, 3.05) is 12.9 Å². The fourth-order valence-electron chi connectivity index (χ4n) is 2.56. The number of hydrogen-bond acceptors (Lipinski definition) is 4. The average molecular weight is 286 g/mol. The van der Waals surface area contributed by atoms with E-state index in [1.165, 1.54) is 0 Å². The van der Waals surface area contributed by atoms with E-state index in [9.17, 15) is 18.8 Å². The summed E-state index contributed by atoms with van der Waals surface area (Å²) in [4.78, 5) is 0. The Balaban J connectivity index is 2.49. The summed E-state index contributed by atoms with van der Waals surface area (Å²) in [6.45, 7) is -0.474. The predicted octanol–water partition coefficient (Wildman–Crippen LogP) is 1.35. The van der Waals surface area contributed by atoms with Gasteiger partial charge in [0.1, 0.15) is 5.41 Å². The molecule has 3 atom stereocenters. The van der Waals surface area contributed by atoms with Crippen LogP contribution >= 0.6 is 11.6 Å². The first-order valence-electron chi connectivity index (χ1n) is 5.33. The zero-order valence-electron chi connectivity index (χ0n) is 9.67. The molecule has 4 nitrogen and oxygen atoms in total. The first kappa shape index (κ1) is 13.3. The molecular weight excluding hydrogens is 274 g/mol. The van der Waals surface area contributed by atoms with Crippen molar-refractivity contribution in [3.63, 3.8) is 0 Å². The fourth-order valence-corrected chi connectivity index (χ4v) is 4.62. The highest BCUT2D eigenvalue weighted by Crippen LogP contribution is 2.62. The Bertz CT molecular complexity index is 622. The molecule has 1 fully saturated rings. The van der Waals surface area contributed by atoms with E-state index in [4.69, 9.17) is 11.6 Å². The molecule has 0 spiro atoms. The lowest BCUT2D eigenvalue weighted by Gasteiger charge is -2.03. The molecule has 1 aromatic rings. The molecule has 6 heteroatoms. The van der Waals surface area contributed by atoms with Crippen LogP contribution in [0.2, 0.25) is 5.02 Å². The van der Waals surface area contributed by atoms with Gasteiger partial charge in [-0.3, -0.25) is 0 Å². The summed E-state index contributed by atoms with van der Waals surface area (Å²) in [5.41, 5.74) is -0.563. The van der Waals surface area contributed by atoms with Crippen LogP contribution in [0.15, 0.2) is 24.3 Å². The van der Waals surface area contributed by atoms with Crippen molar-refractivity contribution in [3.05, 3.63) is 34.9 Å². The summed E-state index contributed by atoms with van der Waals surface area (Å²) >= 11 is 5.86. The highest BCUT2D eigenvalue weighted by molar-refractivity contribution is 7.91. The molecule has 0 amide bonds. The first-order valence-corrected chi connectivity index (χ1v) is 7.66. The van der Waals surface area contributed by atoms with Crippen LogP contribution in [0, 0.1) is 16.7 Å². The van der Waals surface area contributed by atoms with Gasteiger partial charge < -0.3 is 5.11 Å². The van der Waals surface area contributed by atoms with E-state index in [0.29, 0.717) is 10.6 Å². The molecule has 0 saturated heterocycles. The van der Waals surface area contributed by atoms with Gasteiger partial charge in [0.2, 0.25) is 0 Å². The molecule has 1 aliphatic carbocycles. The van der Waals surface area contributed by atoms with Gasteiger partial charge in [0.25, 0.3) is 0 Å². The minimum absolute atomic E-state index is 0.474. The van der Waals surface area contributed by atoms with Crippen LogP contribution in [0.4, 0.5) is 0 Å². The van der Waals surface area contributed by atoms with Crippen LogP contribution in [-0.2, 0) is 9.84 Å². The zero-order valence-corrected chi connectivity index (χ0v) is 11.2. The van der Waals surface area contributed by atoms with E-state index in [1.54, 1.807) is 24.3 Å². The molecule has 96 valence electrons. The van der Waals surface area contributed by atoms with Gasteiger partial charge in [0, 0.05) is 17.2 Å². The maximum Gasteiger partial charge on any atom is 0.152 e. The number of rotatable bonds is 3. The third-order valence-corrected chi connectivity index (χ3v) is 5.25. The second-order valence-electron chi connectivity index (χ2n) is 4.59. The number of nitrogens with zero attached hydrogens (tertiary/aromatic N) is 1. The molecule has 1 aromatic carbocycles. The number of hydrogen-bond donors (Lipinski definition) is 1. The van der Waals surface area contributed by atoms with Gasteiger partial charge in [-0.05, 0) is 17.7 Å². The van der Waals surface area contributed by atoms with Crippen molar-refractivity contribution in [2.45, 2.75) is 11.2 Å². The third-order valence-electron chi connectivity index (χ3n) is 3.40. The van der Waals surface area contributed by atoms with Gasteiger partial charge in [0.05, 0.1) is 17.9 Å². The van der Waals surface area contributed by atoms with Crippen LogP contribution in [0.3, 0.4) is 0 Å². The Hall–Kier alpha value is -1.09. The second kappa shape index (κ2) is 4.23. The average Bonchev–Trinajstić information content (AvgIpc) is 2.98. The van der Waals surface area contributed by atoms with E-state index >= 15 is 0 Å². The summed E-state index contributed by atoms with van der Waals surface area (Å²) < 4.78 is 23.4. The van der Waals surface area contributed by atoms with Crippen LogP contribution in [0.1, 0.15) is 11.5 Å². The van der Waals surface area contributed by atoms with Gasteiger partial charge in [0.15, 0.2) is 9.84 Å². The summed E-state index contributed by atoms with van der Waals surface area (Å²) in [6.07, 6.45) is 1.09. The van der Waals surface area contributed by atoms with Crippen molar-refractivity contribution in [3.8, 4) is 6.07 Å². The van der Waals surface area contributed by atoms with E-state index in [-0.39, 0.29) is 0 Å². The third kappa shape index (κ3) is 1.91. The van der Waals surface area contributed by atoms with Crippen molar-refractivity contribution >= 4 is 21.4 Å². The van der Waals surface area contributed by atoms with E-state index in [1.807, 2.05) is 6.07 Å². The maximum absolute atomic E-state index is 11.7. The van der Waals surface area contributed by atoms with Gasteiger partial charge in [-0.1, -0.05) is 23.7 Å². The lowest BCUT2D eigenvalue weighted by atomic mass is 10.0. The Morgan fingerprint density at radius 1 is 1.56 bits per heavy atom. The van der Waals surface area contributed by atoms with Gasteiger partial charge in [-0.15, -0.1) is 0 Å². The summed E-state index contributed by atoms with van der Waals surface area (Å²) in [6, 6.07) is 8.70. The Morgan fingerprint density at radius 3 is 2.61 bits per heavy atom. The zero-order chi connectivity index (χ0) is 13.6. The SMILES string of the molecule is CS(=O)(=O)[C@@H]1[C@@H](c2cccc(Cl)c2)[C@]1(C#N)CO. The molecule has 18 heavy (non-hydrogen) atoms. The van der Waals surface area contributed by atoms with Crippen LogP contribution in [0.25, 0.3) is 0 Å². The number of nitriles is 1. The van der Waals surface area contributed by atoms with E-state index < -0.39 is 33.0 Å². The number of halogens is 1. The highest BCUT2D eigenvalue weighted by atomic mass is 35.5. The van der Waals surface area contributed by atoms with Crippen LogP contribution in [-0.4, -0.2) is 31.6 Å². The van der Waals surface area contributed by atoms with E-state index in [2.05, 4.69) is 0 Å². The summed E-state index contributed by atoms with van der Waals surface area (Å²) in [5.74, 6) is -0.513. The lowest BCUT2D eigenvalue weighted by Crippen LogP contribution is -2.16. The number of aliphatic hydroxyl groups is 1. The molecule has 1 aliphatic rings. The molecule has 0 bridgehead atoms. The second-order valence-corrected chi connectivity index (χ2v) is 7.20. The fraction of sp³-hybridized carbons (Fsp3) is 0.417. The monoisotopic (exact) mass is 285 g/mol. The Morgan fingerprint density at radius 2 is 2.22 bits per heavy atom. The molecule has 0 unspecified atom stereocenters. The number of aliphatic hydroxyl groups excluding tert-OH is 1. The van der Waals surface area contributed by atoms with Crippen molar-refractivity contribution in [1.29, 1.82) is 5.26 Å². The van der Waals surface area contributed by atoms with Crippen molar-refractivity contribution in [2.24, 2.45) is 5.41 Å². The number of sulfone groups is 1. The van der Waals surface area contributed by atoms with Gasteiger partial charge in [-0.25, -0.2) is 8.42 Å². The van der Waals surface area contributed by atoms with Gasteiger partial charge >= 0.3 is 0 Å². The molecular formula is C12H12ClNO3S. The molecule has 0 heterocycles. The lowest BCUT2D eigenvalue weighted by molar-refractivity contribution is 0.242. The normalized spacial score (nSPS) is 30.8. The van der Waals surface area contributed by atoms with Gasteiger partial charge in [-0.2, -0.15) is 5.26 Å². The largest absolute Gasteiger partial charge is 0.395 e. The molecule has 0 aromatic heterocycles. The molecule has 0 radical (unpaired) electrons. The minimum Gasteiger partial charge on any atom is -0.395 e. The summed E-state index contributed by atoms with van der Waals surface area (Å²) in [5, 5.41) is 18.2. The molecule has 2 rings (SSSR count).